The third-order valence-electron chi connectivity index (χ3n) is 6.77. The number of rotatable bonds is 7. The second-order valence-electron chi connectivity index (χ2n) is 9.00. The van der Waals surface area contributed by atoms with Crippen molar-refractivity contribution in [1.82, 2.24) is 4.44 Å². The average molecular weight is 539 g/mol. The molecule has 0 unspecified atom stereocenters. The zero-order valence-corrected chi connectivity index (χ0v) is 22.2. The molecule has 0 amide bonds. The highest BCUT2D eigenvalue weighted by atomic mass is 31.2. The minimum Gasteiger partial charge on any atom is -0.251 e. The molecule has 37 heavy (non-hydrogen) atoms. The van der Waals surface area contributed by atoms with Crippen LogP contribution in [0.2, 0.25) is 0 Å². The Kier molecular flexibility index (Phi) is 8.05. The molecule has 0 saturated carbocycles. The van der Waals surface area contributed by atoms with Crippen LogP contribution in [0.4, 0.5) is 17.6 Å². The van der Waals surface area contributed by atoms with Gasteiger partial charge in [-0.05, 0) is 68.4 Å². The summed E-state index contributed by atoms with van der Waals surface area (Å²) in [5.74, 6) is -2.43. The van der Waals surface area contributed by atoms with Crippen LogP contribution in [0.15, 0.2) is 97.1 Å². The van der Waals surface area contributed by atoms with E-state index < -0.39 is 39.4 Å². The molecule has 1 heterocycles. The lowest BCUT2D eigenvalue weighted by atomic mass is 10.0. The molecule has 1 fully saturated rings. The molecule has 4 aromatic rings. The number of hydrogen-bond acceptors (Lipinski definition) is 1. The Labute approximate surface area is 217 Å². The molecule has 0 bridgehead atoms. The van der Waals surface area contributed by atoms with Crippen molar-refractivity contribution in [1.29, 1.82) is 0 Å². The van der Waals surface area contributed by atoms with Gasteiger partial charge in [-0.1, -0.05) is 67.6 Å². The standard InChI is InChI=1S/C30H27F4NP2/c1-2-35(37(29-19-23(31)13-15-25(29)33)30-20-24(32)14-16-26(30)34)36-27(21-9-5-3-6-10-21)17-18-28(36)22-11-7-4-8-12-22/h3-16,19-20,27-28H,2,17-18H2,1H3/t27-,28-/m0/s1. The second-order valence-corrected chi connectivity index (χ2v) is 13.9. The lowest BCUT2D eigenvalue weighted by molar-refractivity contribution is 0.603. The Bertz CT molecular complexity index is 1250. The summed E-state index contributed by atoms with van der Waals surface area (Å²) in [6, 6.07) is 27.0. The lowest BCUT2D eigenvalue weighted by Gasteiger charge is -2.42. The zero-order valence-electron chi connectivity index (χ0n) is 20.4. The van der Waals surface area contributed by atoms with Crippen LogP contribution in [0.5, 0.6) is 0 Å². The largest absolute Gasteiger partial charge is 0.251 e. The minimum atomic E-state index is -1.90. The van der Waals surface area contributed by atoms with Gasteiger partial charge in [0.25, 0.3) is 0 Å². The fourth-order valence-electron chi connectivity index (χ4n) is 5.19. The number of hydrogen-bond donors (Lipinski definition) is 0. The van der Waals surface area contributed by atoms with Crippen LogP contribution in [-0.4, -0.2) is 11.0 Å². The van der Waals surface area contributed by atoms with Crippen molar-refractivity contribution in [3.05, 3.63) is 131 Å². The minimum absolute atomic E-state index is 0.0781. The van der Waals surface area contributed by atoms with E-state index in [0.29, 0.717) is 6.54 Å². The summed E-state index contributed by atoms with van der Waals surface area (Å²) >= 11 is 0. The fraction of sp³-hybridized carbons (Fsp3) is 0.200. The molecular formula is C30H27F4NP2. The molecule has 7 heteroatoms. The highest BCUT2D eigenvalue weighted by molar-refractivity contribution is 7.79. The molecule has 190 valence electrons. The van der Waals surface area contributed by atoms with Gasteiger partial charge in [-0.3, -0.25) is 4.44 Å². The normalized spacial score (nSPS) is 18.1. The maximum atomic E-state index is 15.4. The van der Waals surface area contributed by atoms with E-state index in [1.807, 2.05) is 43.3 Å². The Hall–Kier alpha value is -2.58. The molecule has 1 nitrogen and oxygen atoms in total. The van der Waals surface area contributed by atoms with Gasteiger partial charge in [0.15, 0.2) is 0 Å². The molecule has 1 aliphatic rings. The average Bonchev–Trinajstić information content (AvgIpc) is 3.36. The third kappa shape index (κ3) is 5.36. The van der Waals surface area contributed by atoms with Crippen LogP contribution in [0.3, 0.4) is 0 Å². The van der Waals surface area contributed by atoms with Crippen molar-refractivity contribution in [2.24, 2.45) is 0 Å². The second kappa shape index (κ2) is 11.4. The SMILES string of the molecule is CCN(P(c1cc(F)ccc1F)c1cc(F)ccc1F)P1[C@H](c2ccccc2)CC[C@H]1c1ccccc1. The molecule has 5 rings (SSSR count). The topological polar surface area (TPSA) is 3.24 Å². The zero-order chi connectivity index (χ0) is 25.9. The van der Waals surface area contributed by atoms with Gasteiger partial charge in [0.1, 0.15) is 23.3 Å². The summed E-state index contributed by atoms with van der Waals surface area (Å²) in [5, 5.41) is 0.156. The quantitative estimate of drug-likeness (QED) is 0.168. The molecule has 2 atom stereocenters. The maximum Gasteiger partial charge on any atom is 0.132 e. The monoisotopic (exact) mass is 539 g/mol. The van der Waals surface area contributed by atoms with Crippen LogP contribution in [-0.2, 0) is 0 Å². The summed E-state index contributed by atoms with van der Waals surface area (Å²) in [4.78, 5) is 0. The van der Waals surface area contributed by atoms with Crippen molar-refractivity contribution in [2.45, 2.75) is 31.1 Å². The first-order valence-corrected chi connectivity index (χ1v) is 15.1. The van der Waals surface area contributed by atoms with E-state index in [9.17, 15) is 8.78 Å². The van der Waals surface area contributed by atoms with Gasteiger partial charge in [0.05, 0.1) is 0 Å². The van der Waals surface area contributed by atoms with Crippen LogP contribution in [0.25, 0.3) is 0 Å². The van der Waals surface area contributed by atoms with E-state index in [4.69, 9.17) is 0 Å². The highest BCUT2D eigenvalue weighted by Gasteiger charge is 2.44. The fourth-order valence-corrected chi connectivity index (χ4v) is 12.6. The molecule has 0 N–H and O–H groups in total. The van der Waals surface area contributed by atoms with E-state index >= 15 is 8.78 Å². The third-order valence-corrected chi connectivity index (χ3v) is 13.5. The van der Waals surface area contributed by atoms with Gasteiger partial charge >= 0.3 is 0 Å². The van der Waals surface area contributed by atoms with Gasteiger partial charge < -0.3 is 0 Å². The molecule has 0 aromatic heterocycles. The van der Waals surface area contributed by atoms with Gasteiger partial charge in [-0.15, -0.1) is 0 Å². The number of benzene rings is 4. The van der Waals surface area contributed by atoms with Crippen molar-refractivity contribution in [3.8, 4) is 0 Å². The van der Waals surface area contributed by atoms with E-state index in [2.05, 4.69) is 28.7 Å². The van der Waals surface area contributed by atoms with E-state index in [0.717, 1.165) is 49.2 Å². The van der Waals surface area contributed by atoms with Gasteiger partial charge in [0.2, 0.25) is 0 Å². The first-order chi connectivity index (χ1) is 18.0. The summed E-state index contributed by atoms with van der Waals surface area (Å²) in [6.07, 6.45) is 1.85. The first-order valence-electron chi connectivity index (χ1n) is 12.3. The maximum absolute atomic E-state index is 15.4. The molecule has 0 spiro atoms. The number of halogens is 4. The van der Waals surface area contributed by atoms with Gasteiger partial charge in [-0.2, -0.15) is 0 Å². The van der Waals surface area contributed by atoms with Crippen molar-refractivity contribution in [3.63, 3.8) is 0 Å². The first kappa shape index (κ1) is 26.0. The Morgan fingerprint density at radius 2 is 1.11 bits per heavy atom. The molecule has 1 aliphatic heterocycles. The summed E-state index contributed by atoms with van der Waals surface area (Å²) in [7, 11) is -2.94. The Morgan fingerprint density at radius 1 is 0.676 bits per heavy atom. The lowest BCUT2D eigenvalue weighted by Crippen LogP contribution is -2.30. The van der Waals surface area contributed by atoms with E-state index in [1.165, 1.54) is 11.1 Å². The van der Waals surface area contributed by atoms with Crippen molar-refractivity contribution < 1.29 is 17.6 Å². The Morgan fingerprint density at radius 3 is 1.51 bits per heavy atom. The van der Waals surface area contributed by atoms with Crippen LogP contribution >= 0.6 is 16.1 Å². The molecular weight excluding hydrogens is 512 g/mol. The molecule has 1 saturated heterocycles. The van der Waals surface area contributed by atoms with Crippen molar-refractivity contribution in [2.75, 3.05) is 6.54 Å². The molecule has 0 radical (unpaired) electrons. The van der Waals surface area contributed by atoms with Gasteiger partial charge in [-0.25, -0.2) is 17.6 Å². The molecule has 0 aliphatic carbocycles. The van der Waals surface area contributed by atoms with Gasteiger partial charge in [0, 0.05) is 36.5 Å². The Balaban J connectivity index is 1.72. The van der Waals surface area contributed by atoms with E-state index in [-0.39, 0.29) is 21.9 Å². The predicted octanol–water partition coefficient (Wildman–Crippen LogP) is 8.59. The smallest absolute Gasteiger partial charge is 0.132 e. The molecule has 4 aromatic carbocycles. The van der Waals surface area contributed by atoms with Crippen LogP contribution in [0.1, 0.15) is 42.2 Å². The number of nitrogens with zero attached hydrogens (tertiary/aromatic N) is 1. The van der Waals surface area contributed by atoms with E-state index in [1.54, 1.807) is 0 Å². The summed E-state index contributed by atoms with van der Waals surface area (Å²) in [6.45, 7) is 2.45. The summed E-state index contributed by atoms with van der Waals surface area (Å²) < 4.78 is 61.9. The summed E-state index contributed by atoms with van der Waals surface area (Å²) in [5.41, 5.74) is 2.67. The van der Waals surface area contributed by atoms with Crippen molar-refractivity contribution >= 4 is 26.8 Å². The van der Waals surface area contributed by atoms with Crippen LogP contribution < -0.4 is 10.6 Å². The predicted molar refractivity (Wildman–Crippen MR) is 146 cm³/mol. The van der Waals surface area contributed by atoms with Crippen LogP contribution in [0, 0.1) is 23.3 Å². The highest BCUT2D eigenvalue weighted by Crippen LogP contribution is 2.76.